The fraction of sp³-hybridized carbons (Fsp3) is 0.929. The molecular formula is C14H29Cl2N3O. The van der Waals surface area contributed by atoms with Crippen molar-refractivity contribution >= 4 is 30.7 Å². The van der Waals surface area contributed by atoms with Gasteiger partial charge in [-0.2, -0.15) is 0 Å². The molecule has 1 unspecified atom stereocenters. The molecule has 0 bridgehead atoms. The number of nitrogens with zero attached hydrogens (tertiary/aromatic N) is 2. The molecule has 2 fully saturated rings. The molecule has 1 amide bonds. The summed E-state index contributed by atoms with van der Waals surface area (Å²) in [6.07, 6.45) is 2.02. The Labute approximate surface area is 135 Å². The molecule has 0 aromatic rings. The number of piperidine rings is 1. The fourth-order valence-corrected chi connectivity index (χ4v) is 3.27. The van der Waals surface area contributed by atoms with Crippen molar-refractivity contribution in [2.75, 3.05) is 32.7 Å². The van der Waals surface area contributed by atoms with Crippen molar-refractivity contribution in [1.82, 2.24) is 15.1 Å². The summed E-state index contributed by atoms with van der Waals surface area (Å²) < 4.78 is 0. The third kappa shape index (κ3) is 4.76. The molecule has 2 heterocycles. The Bertz CT molecular complexity index is 296. The van der Waals surface area contributed by atoms with Gasteiger partial charge in [0, 0.05) is 37.6 Å². The lowest BCUT2D eigenvalue weighted by atomic mass is 9.96. The second kappa shape index (κ2) is 9.08. The van der Waals surface area contributed by atoms with Crippen LogP contribution >= 0.6 is 24.8 Å². The van der Waals surface area contributed by atoms with Gasteiger partial charge >= 0.3 is 0 Å². The Kier molecular flexibility index (Phi) is 9.07. The monoisotopic (exact) mass is 325 g/mol. The average Bonchev–Trinajstić information content (AvgIpc) is 2.38. The Morgan fingerprint density at radius 3 is 2.25 bits per heavy atom. The molecule has 6 heteroatoms. The van der Waals surface area contributed by atoms with E-state index in [1.54, 1.807) is 0 Å². The highest BCUT2D eigenvalue weighted by Crippen LogP contribution is 2.19. The van der Waals surface area contributed by atoms with Gasteiger partial charge in [0.05, 0.1) is 0 Å². The molecule has 0 spiro atoms. The summed E-state index contributed by atoms with van der Waals surface area (Å²) in [7, 11) is 0. The first-order valence-corrected chi connectivity index (χ1v) is 7.35. The predicted molar refractivity (Wildman–Crippen MR) is 88.0 cm³/mol. The summed E-state index contributed by atoms with van der Waals surface area (Å²) in [5.74, 6) is 0.663. The molecule has 2 rings (SSSR count). The number of amides is 1. The Hall–Kier alpha value is -0.0300. The zero-order valence-electron chi connectivity index (χ0n) is 12.8. The molecule has 0 aromatic heterocycles. The van der Waals surface area contributed by atoms with Gasteiger partial charge in [0.2, 0.25) is 5.91 Å². The molecule has 0 saturated carbocycles. The van der Waals surface area contributed by atoms with Gasteiger partial charge in [-0.25, -0.2) is 0 Å². The molecule has 4 nitrogen and oxygen atoms in total. The van der Waals surface area contributed by atoms with E-state index in [4.69, 9.17) is 0 Å². The van der Waals surface area contributed by atoms with E-state index in [1.165, 1.54) is 0 Å². The van der Waals surface area contributed by atoms with Gasteiger partial charge in [0.1, 0.15) is 0 Å². The zero-order chi connectivity index (χ0) is 13.1. The number of halogens is 2. The van der Waals surface area contributed by atoms with E-state index in [0.717, 1.165) is 45.6 Å². The van der Waals surface area contributed by atoms with Crippen LogP contribution in [0, 0.1) is 5.92 Å². The normalized spacial score (nSPS) is 25.0. The zero-order valence-corrected chi connectivity index (χ0v) is 14.4. The molecule has 0 aliphatic carbocycles. The van der Waals surface area contributed by atoms with Gasteiger partial charge in [0.15, 0.2) is 0 Å². The van der Waals surface area contributed by atoms with Crippen LogP contribution in [-0.4, -0.2) is 60.5 Å². The highest BCUT2D eigenvalue weighted by Gasteiger charge is 2.31. The summed E-state index contributed by atoms with van der Waals surface area (Å²) in [6.45, 7) is 11.5. The Morgan fingerprint density at radius 2 is 1.75 bits per heavy atom. The molecule has 2 aliphatic heterocycles. The van der Waals surface area contributed by atoms with Crippen molar-refractivity contribution in [2.24, 2.45) is 5.92 Å². The van der Waals surface area contributed by atoms with Crippen molar-refractivity contribution in [1.29, 1.82) is 0 Å². The van der Waals surface area contributed by atoms with E-state index in [-0.39, 0.29) is 30.7 Å². The second-order valence-corrected chi connectivity index (χ2v) is 5.99. The number of piperazine rings is 1. The highest BCUT2D eigenvalue weighted by molar-refractivity contribution is 5.85. The van der Waals surface area contributed by atoms with E-state index in [0.29, 0.717) is 18.0 Å². The highest BCUT2D eigenvalue weighted by atomic mass is 35.5. The maximum atomic E-state index is 12.5. The number of rotatable bonds is 2. The quantitative estimate of drug-likeness (QED) is 0.840. The van der Waals surface area contributed by atoms with Crippen LogP contribution in [0.25, 0.3) is 0 Å². The maximum absolute atomic E-state index is 12.5. The SMILES string of the molecule is CC(C)N1CCN(C(=O)C2CCNCC2)CC1C.Cl.Cl. The van der Waals surface area contributed by atoms with E-state index >= 15 is 0 Å². The van der Waals surface area contributed by atoms with Crippen LogP contribution in [0.15, 0.2) is 0 Å². The largest absolute Gasteiger partial charge is 0.340 e. The van der Waals surface area contributed by atoms with Crippen molar-refractivity contribution in [3.05, 3.63) is 0 Å². The van der Waals surface area contributed by atoms with Crippen LogP contribution in [0.2, 0.25) is 0 Å². The van der Waals surface area contributed by atoms with Crippen molar-refractivity contribution in [3.63, 3.8) is 0 Å². The first kappa shape index (κ1) is 20.0. The van der Waals surface area contributed by atoms with Gasteiger partial charge in [-0.3, -0.25) is 9.69 Å². The Morgan fingerprint density at radius 1 is 1.15 bits per heavy atom. The smallest absolute Gasteiger partial charge is 0.225 e. The minimum absolute atomic E-state index is 0. The van der Waals surface area contributed by atoms with Crippen LogP contribution in [-0.2, 0) is 4.79 Å². The lowest BCUT2D eigenvalue weighted by Gasteiger charge is -2.43. The maximum Gasteiger partial charge on any atom is 0.225 e. The van der Waals surface area contributed by atoms with E-state index in [9.17, 15) is 4.79 Å². The molecule has 1 atom stereocenters. The third-order valence-corrected chi connectivity index (χ3v) is 4.34. The first-order chi connectivity index (χ1) is 8.59. The van der Waals surface area contributed by atoms with Crippen molar-refractivity contribution in [2.45, 2.75) is 45.7 Å². The molecular weight excluding hydrogens is 297 g/mol. The van der Waals surface area contributed by atoms with E-state index in [1.807, 2.05) is 0 Å². The molecule has 0 aromatic carbocycles. The van der Waals surface area contributed by atoms with Gasteiger partial charge in [-0.15, -0.1) is 24.8 Å². The first-order valence-electron chi connectivity index (χ1n) is 7.35. The molecule has 2 saturated heterocycles. The minimum atomic E-state index is 0. The Balaban J connectivity index is 0.00000180. The number of hydrogen-bond acceptors (Lipinski definition) is 3. The molecule has 1 N–H and O–H groups in total. The van der Waals surface area contributed by atoms with Crippen LogP contribution in [0.3, 0.4) is 0 Å². The number of nitrogens with one attached hydrogen (secondary N) is 1. The van der Waals surface area contributed by atoms with E-state index in [2.05, 4.69) is 35.9 Å². The lowest BCUT2D eigenvalue weighted by molar-refractivity contribution is -0.139. The van der Waals surface area contributed by atoms with Crippen molar-refractivity contribution in [3.8, 4) is 0 Å². The molecule has 20 heavy (non-hydrogen) atoms. The average molecular weight is 326 g/mol. The topological polar surface area (TPSA) is 35.6 Å². The number of carbonyl (C=O) groups excluding carboxylic acids is 1. The summed E-state index contributed by atoms with van der Waals surface area (Å²) in [5, 5.41) is 3.32. The van der Waals surface area contributed by atoms with Gasteiger partial charge in [0.25, 0.3) is 0 Å². The van der Waals surface area contributed by atoms with Crippen molar-refractivity contribution < 1.29 is 4.79 Å². The third-order valence-electron chi connectivity index (χ3n) is 4.34. The van der Waals surface area contributed by atoms with E-state index < -0.39 is 0 Å². The van der Waals surface area contributed by atoms with Crippen LogP contribution in [0.1, 0.15) is 33.6 Å². The molecule has 2 aliphatic rings. The summed E-state index contributed by atoms with van der Waals surface area (Å²) in [4.78, 5) is 17.0. The second-order valence-electron chi connectivity index (χ2n) is 5.99. The molecule has 120 valence electrons. The minimum Gasteiger partial charge on any atom is -0.340 e. The summed E-state index contributed by atoms with van der Waals surface area (Å²) in [5.41, 5.74) is 0. The van der Waals surface area contributed by atoms with Crippen LogP contribution in [0.5, 0.6) is 0 Å². The van der Waals surface area contributed by atoms with Gasteiger partial charge < -0.3 is 10.2 Å². The lowest BCUT2D eigenvalue weighted by Crippen LogP contribution is -2.57. The molecule has 0 radical (unpaired) electrons. The van der Waals surface area contributed by atoms with Gasteiger partial charge in [-0.05, 0) is 46.7 Å². The van der Waals surface area contributed by atoms with Crippen LogP contribution in [0.4, 0.5) is 0 Å². The standard InChI is InChI=1S/C14H27N3O.2ClH/c1-11(2)17-9-8-16(10-12(17)3)14(18)13-4-6-15-7-5-13;;/h11-13,15H,4-10H2,1-3H3;2*1H. The number of hydrogen-bond donors (Lipinski definition) is 1. The van der Waals surface area contributed by atoms with Crippen LogP contribution < -0.4 is 5.32 Å². The fourth-order valence-electron chi connectivity index (χ4n) is 3.27. The predicted octanol–water partition coefficient (Wildman–Crippen LogP) is 1.77. The summed E-state index contributed by atoms with van der Waals surface area (Å²) in [6, 6.07) is 1.07. The summed E-state index contributed by atoms with van der Waals surface area (Å²) >= 11 is 0. The number of carbonyl (C=O) groups is 1. The van der Waals surface area contributed by atoms with Gasteiger partial charge in [-0.1, -0.05) is 0 Å².